The van der Waals surface area contributed by atoms with Gasteiger partial charge in [-0.25, -0.2) is 4.79 Å². The second-order valence-electron chi connectivity index (χ2n) is 16.5. The Kier molecular flexibility index (Phi) is 30.0. The molecule has 0 saturated carbocycles. The summed E-state index contributed by atoms with van der Waals surface area (Å²) in [5, 5.41) is 65.4. The average molecular weight is 962 g/mol. The Balaban J connectivity index is 6.82. The van der Waals surface area contributed by atoms with Crippen LogP contribution in [0.3, 0.4) is 0 Å². The van der Waals surface area contributed by atoms with Gasteiger partial charge in [-0.3, -0.25) is 43.3 Å². The van der Waals surface area contributed by atoms with Gasteiger partial charge in [0.15, 0.2) is 12.0 Å². The quantitative estimate of drug-likeness (QED) is 0.0160. The lowest BCUT2D eigenvalue weighted by Crippen LogP contribution is -2.61. The molecular formula is C40H75N13O14. The average Bonchev–Trinajstić information content (AvgIpc) is 3.24. The predicted molar refractivity (Wildman–Crippen MR) is 242 cm³/mol. The fraction of sp³-hybridized carbons (Fsp3) is 0.750. The standard InChI is InChI=1S/C40H75N13O14/c1-20(2)18-28(37(64)48-25(11-6-8-16-42)36(63)53-31(22(4)56)39(66)67)51-34(61)26(12-9-17-46-40(44)45)47-35(62)27(13-14-29(57)58)49-33(60)24(10-5-7-15-41)50-38(65)30(21(3)55)52-32(59)23(43)19-54/h20-28,30-31,54-56H,5-19,41-43H2,1-4H3,(H,47,62)(H,48,64)(H,49,60)(H,50,65)(H,51,61)(H,52,59)(H,53,63)(H,57,58)(H,66,67)(H4,44,45,46)/t21-,22-,23+,24+,25+,26+,27+,28+,30+,31+/m1/s1. The van der Waals surface area contributed by atoms with Crippen molar-refractivity contribution in [1.29, 1.82) is 0 Å². The van der Waals surface area contributed by atoms with Crippen molar-refractivity contribution >= 4 is 59.2 Å². The summed E-state index contributed by atoms with van der Waals surface area (Å²) in [5.74, 6) is -10.2. The third kappa shape index (κ3) is 25.1. The van der Waals surface area contributed by atoms with E-state index in [1.807, 2.05) is 0 Å². The Bertz CT molecular complexity index is 1650. The molecule has 0 aromatic heterocycles. The molecule has 0 heterocycles. The molecule has 0 rings (SSSR count). The number of carboxylic acid groups (broad SMARTS) is 2. The molecule has 0 aliphatic rings. The van der Waals surface area contributed by atoms with E-state index in [1.165, 1.54) is 6.92 Å². The van der Waals surface area contributed by atoms with Crippen LogP contribution >= 0.6 is 0 Å². The monoisotopic (exact) mass is 962 g/mol. The summed E-state index contributed by atoms with van der Waals surface area (Å²) in [6.45, 7) is 5.45. The van der Waals surface area contributed by atoms with Gasteiger partial charge in [-0.2, -0.15) is 0 Å². The van der Waals surface area contributed by atoms with E-state index >= 15 is 0 Å². The number of rotatable bonds is 35. The fourth-order valence-corrected chi connectivity index (χ4v) is 6.28. The van der Waals surface area contributed by atoms with Gasteiger partial charge in [-0.15, -0.1) is 0 Å². The van der Waals surface area contributed by atoms with Gasteiger partial charge in [-0.05, 0) is 97.1 Å². The Morgan fingerprint density at radius 3 is 1.30 bits per heavy atom. The number of carbonyl (C=O) groups is 9. The molecule has 0 bridgehead atoms. The van der Waals surface area contributed by atoms with Gasteiger partial charge in [0.1, 0.15) is 42.3 Å². The molecular weight excluding hydrogens is 887 g/mol. The van der Waals surface area contributed by atoms with Crippen molar-refractivity contribution in [1.82, 2.24) is 37.2 Å². The zero-order valence-corrected chi connectivity index (χ0v) is 38.7. The molecule has 67 heavy (non-hydrogen) atoms. The van der Waals surface area contributed by atoms with E-state index < -0.39 is 133 Å². The van der Waals surface area contributed by atoms with Crippen LogP contribution in [0.5, 0.6) is 0 Å². The van der Waals surface area contributed by atoms with Crippen LogP contribution in [0.15, 0.2) is 4.99 Å². The maximum absolute atomic E-state index is 14.1. The summed E-state index contributed by atoms with van der Waals surface area (Å²) in [7, 11) is 0. The number of hydrogen-bond donors (Lipinski definition) is 17. The first-order valence-electron chi connectivity index (χ1n) is 22.2. The first-order chi connectivity index (χ1) is 31.4. The second kappa shape index (κ2) is 32.9. The molecule has 27 heteroatoms. The zero-order valence-electron chi connectivity index (χ0n) is 38.7. The Labute approximate surface area is 389 Å². The number of nitrogens with zero attached hydrogens (tertiary/aromatic N) is 1. The van der Waals surface area contributed by atoms with Crippen LogP contribution in [-0.2, 0) is 43.2 Å². The van der Waals surface area contributed by atoms with Crippen molar-refractivity contribution < 1.29 is 68.7 Å². The summed E-state index contributed by atoms with van der Waals surface area (Å²) >= 11 is 0. The van der Waals surface area contributed by atoms with Crippen LogP contribution in [0.4, 0.5) is 0 Å². The molecule has 0 fully saturated rings. The second-order valence-corrected chi connectivity index (χ2v) is 16.5. The predicted octanol–water partition coefficient (Wildman–Crippen LogP) is -6.23. The number of aliphatic hydroxyl groups is 3. The Hall–Kier alpha value is -5.74. The van der Waals surface area contributed by atoms with Gasteiger partial charge in [-0.1, -0.05) is 13.8 Å². The minimum atomic E-state index is -1.71. The van der Waals surface area contributed by atoms with Crippen molar-refractivity contribution in [2.45, 2.75) is 159 Å². The van der Waals surface area contributed by atoms with Crippen LogP contribution in [-0.4, -0.2) is 172 Å². The van der Waals surface area contributed by atoms with E-state index in [0.717, 1.165) is 6.92 Å². The number of nitrogens with two attached hydrogens (primary N) is 5. The van der Waals surface area contributed by atoms with Crippen LogP contribution in [0.1, 0.15) is 98.3 Å². The highest BCUT2D eigenvalue weighted by molar-refractivity contribution is 5.97. The number of nitrogens with one attached hydrogen (secondary N) is 7. The topological polar surface area (TPSA) is 481 Å². The number of aliphatic imine (C=N–C) groups is 1. The van der Waals surface area contributed by atoms with Crippen LogP contribution < -0.4 is 65.9 Å². The van der Waals surface area contributed by atoms with Crippen LogP contribution in [0.25, 0.3) is 0 Å². The highest BCUT2D eigenvalue weighted by Crippen LogP contribution is 2.12. The van der Waals surface area contributed by atoms with Gasteiger partial charge in [0.05, 0.1) is 18.8 Å². The molecule has 0 spiro atoms. The summed E-state index contributed by atoms with van der Waals surface area (Å²) < 4.78 is 0. The minimum absolute atomic E-state index is 0.00278. The van der Waals surface area contributed by atoms with Crippen LogP contribution in [0.2, 0.25) is 0 Å². The Morgan fingerprint density at radius 1 is 0.522 bits per heavy atom. The summed E-state index contributed by atoms with van der Waals surface area (Å²) in [6.07, 6.45) is -2.97. The Morgan fingerprint density at radius 2 is 0.910 bits per heavy atom. The molecule has 0 saturated heterocycles. The number of amides is 7. The van der Waals surface area contributed by atoms with Gasteiger partial charge in [0, 0.05) is 13.0 Å². The molecule has 0 aliphatic heterocycles. The first-order valence-corrected chi connectivity index (χ1v) is 22.2. The largest absolute Gasteiger partial charge is 0.481 e. The van der Waals surface area contributed by atoms with E-state index in [-0.39, 0.29) is 70.0 Å². The highest BCUT2D eigenvalue weighted by atomic mass is 16.4. The first kappa shape index (κ1) is 61.3. The minimum Gasteiger partial charge on any atom is -0.481 e. The lowest BCUT2D eigenvalue weighted by molar-refractivity contribution is -0.145. The van der Waals surface area contributed by atoms with Crippen molar-refractivity contribution in [3.05, 3.63) is 0 Å². The molecule has 0 aromatic rings. The van der Waals surface area contributed by atoms with Crippen molar-refractivity contribution in [3.63, 3.8) is 0 Å². The highest BCUT2D eigenvalue weighted by Gasteiger charge is 2.36. The third-order valence-corrected chi connectivity index (χ3v) is 10.0. The van der Waals surface area contributed by atoms with E-state index in [0.29, 0.717) is 19.3 Å². The van der Waals surface area contributed by atoms with Crippen molar-refractivity contribution in [2.75, 3.05) is 26.2 Å². The van der Waals surface area contributed by atoms with Gasteiger partial charge in [0.25, 0.3) is 0 Å². The third-order valence-electron chi connectivity index (χ3n) is 10.0. The van der Waals surface area contributed by atoms with Crippen molar-refractivity contribution in [3.8, 4) is 0 Å². The molecule has 0 radical (unpaired) electrons. The van der Waals surface area contributed by atoms with E-state index in [1.54, 1.807) is 13.8 Å². The smallest absolute Gasteiger partial charge is 0.328 e. The number of carboxylic acids is 2. The lowest BCUT2D eigenvalue weighted by Gasteiger charge is -2.28. The molecule has 7 amide bonds. The summed E-state index contributed by atoms with van der Waals surface area (Å²) in [4.78, 5) is 122. The number of aliphatic hydroxyl groups excluding tert-OH is 3. The maximum atomic E-state index is 14.1. The molecule has 10 atom stereocenters. The van der Waals surface area contributed by atoms with Crippen molar-refractivity contribution in [2.24, 2.45) is 39.6 Å². The number of carbonyl (C=O) groups excluding carboxylic acids is 7. The zero-order chi connectivity index (χ0) is 51.4. The summed E-state index contributed by atoms with van der Waals surface area (Å²) in [6, 6.07) is -12.1. The van der Waals surface area contributed by atoms with Gasteiger partial charge >= 0.3 is 11.9 Å². The molecule has 384 valence electrons. The van der Waals surface area contributed by atoms with E-state index in [4.69, 9.17) is 28.7 Å². The van der Waals surface area contributed by atoms with E-state index in [2.05, 4.69) is 42.2 Å². The fourth-order valence-electron chi connectivity index (χ4n) is 6.28. The normalized spacial score (nSPS) is 15.6. The molecule has 0 aromatic carbocycles. The summed E-state index contributed by atoms with van der Waals surface area (Å²) in [5.41, 5.74) is 27.7. The molecule has 27 nitrogen and oxygen atoms in total. The van der Waals surface area contributed by atoms with Gasteiger partial charge in [0.2, 0.25) is 41.4 Å². The SMILES string of the molecule is CC(C)C[C@H](NC(=O)[C@H](CCCN=C(N)N)NC(=O)[C@H](CCC(=O)O)NC(=O)[C@H](CCCCN)NC(=O)[C@@H](NC(=O)[C@@H](N)CO)[C@@H](C)O)C(=O)N[C@@H](CCCCN)C(=O)N[C@H](C(=O)O)[C@@H](C)O. The number of unbranched alkanes of at least 4 members (excludes halogenated alkanes) is 2. The number of guanidine groups is 1. The molecule has 0 unspecified atom stereocenters. The number of hydrogen-bond acceptors (Lipinski definition) is 16. The molecule has 0 aliphatic carbocycles. The van der Waals surface area contributed by atoms with Crippen LogP contribution in [0, 0.1) is 5.92 Å². The number of aliphatic carboxylic acids is 2. The maximum Gasteiger partial charge on any atom is 0.328 e. The van der Waals surface area contributed by atoms with E-state index in [9.17, 15) is 68.7 Å². The lowest BCUT2D eigenvalue weighted by atomic mass is 10.0. The van der Waals surface area contributed by atoms with Gasteiger partial charge < -0.3 is 91.4 Å². The molecule has 22 N–H and O–H groups in total.